The maximum Gasteiger partial charge on any atom is 0.272 e. The van der Waals surface area contributed by atoms with E-state index in [-0.39, 0.29) is 5.88 Å². The minimum absolute atomic E-state index is 0.0822. The monoisotopic (exact) mass is 150 g/mol. The fourth-order valence-electron chi connectivity index (χ4n) is 1.02. The molecule has 0 bridgehead atoms. The summed E-state index contributed by atoms with van der Waals surface area (Å²) in [4.78, 5) is 3.68. The Morgan fingerprint density at radius 1 is 1.55 bits per heavy atom. The van der Waals surface area contributed by atoms with Crippen molar-refractivity contribution in [1.29, 1.82) is 0 Å². The molecule has 2 nitrogen and oxygen atoms in total. The average molecular weight is 150 g/mol. The summed E-state index contributed by atoms with van der Waals surface area (Å²) in [5.74, 6) is 0.438. The van der Waals surface area contributed by atoms with Crippen molar-refractivity contribution in [2.45, 2.75) is 20.3 Å². The quantitative estimate of drug-likeness (QED) is 0.637. The fraction of sp³-hybridized carbons (Fsp3) is 0.444. The molecule has 0 atom stereocenters. The molecule has 0 aliphatic rings. The van der Waals surface area contributed by atoms with Gasteiger partial charge in [0.05, 0.1) is 0 Å². The second-order valence-corrected chi connectivity index (χ2v) is 3.07. The van der Waals surface area contributed by atoms with Gasteiger partial charge in [0.25, 0.3) is 5.88 Å². The normalized spacial score (nSPS) is 10.5. The van der Waals surface area contributed by atoms with E-state index in [1.54, 1.807) is 6.07 Å². The molecule has 59 valence electrons. The van der Waals surface area contributed by atoms with Crippen molar-refractivity contribution in [3.8, 4) is 5.88 Å². The summed E-state index contributed by atoms with van der Waals surface area (Å²) >= 11 is 0. The number of nitrogens with zero attached hydrogens (tertiary/aromatic N) is 1. The molecule has 0 saturated carbocycles. The van der Waals surface area contributed by atoms with Crippen molar-refractivity contribution in [2.75, 3.05) is 0 Å². The van der Waals surface area contributed by atoms with Crippen LogP contribution in [0.15, 0.2) is 18.3 Å². The van der Waals surface area contributed by atoms with Crippen molar-refractivity contribution in [2.24, 2.45) is 5.92 Å². The molecule has 11 heavy (non-hydrogen) atoms. The van der Waals surface area contributed by atoms with Gasteiger partial charge in [-0.3, -0.25) is 5.11 Å². The van der Waals surface area contributed by atoms with Gasteiger partial charge in [-0.15, -0.1) is 0 Å². The first kappa shape index (κ1) is 8.05. The van der Waals surface area contributed by atoms with E-state index in [1.807, 2.05) is 6.07 Å². The van der Waals surface area contributed by atoms with Crippen molar-refractivity contribution < 1.29 is 5.11 Å². The van der Waals surface area contributed by atoms with Crippen molar-refractivity contribution in [3.05, 3.63) is 23.9 Å². The van der Waals surface area contributed by atoms with Crippen LogP contribution in [0.3, 0.4) is 0 Å². The molecule has 1 aromatic rings. The fourth-order valence-corrected chi connectivity index (χ4v) is 1.02. The summed E-state index contributed by atoms with van der Waals surface area (Å²) in [6.45, 7) is 4.18. The first-order valence-corrected chi connectivity index (χ1v) is 3.81. The Bertz CT molecular complexity index is 233. The van der Waals surface area contributed by atoms with Gasteiger partial charge in [0.1, 0.15) is 0 Å². The van der Waals surface area contributed by atoms with Crippen LogP contribution in [0.5, 0.6) is 5.88 Å². The van der Waals surface area contributed by atoms with Gasteiger partial charge >= 0.3 is 0 Å². The van der Waals surface area contributed by atoms with Gasteiger partial charge in [0.15, 0.2) is 0 Å². The summed E-state index contributed by atoms with van der Waals surface area (Å²) in [7, 11) is 0. The molecule has 0 fully saturated rings. The Labute approximate surface area is 66.9 Å². The number of rotatable bonds is 2. The van der Waals surface area contributed by atoms with E-state index in [1.165, 1.54) is 6.20 Å². The molecule has 0 aromatic carbocycles. The van der Waals surface area contributed by atoms with E-state index >= 15 is 0 Å². The highest BCUT2D eigenvalue weighted by Gasteiger charge is 2.04. The Balaban J connectivity index is 2.78. The highest BCUT2D eigenvalue weighted by molar-refractivity contribution is 5.23. The SMILES string of the molecule is CC(C)Cc1cccnc1[O]. The molecule has 0 unspecified atom stereocenters. The number of aromatic nitrogens is 1. The topological polar surface area (TPSA) is 32.8 Å². The minimum atomic E-state index is -0.0822. The van der Waals surface area contributed by atoms with Gasteiger partial charge in [0, 0.05) is 11.8 Å². The Hall–Kier alpha value is -1.05. The van der Waals surface area contributed by atoms with Gasteiger partial charge in [-0.05, 0) is 18.4 Å². The molecule has 0 aliphatic carbocycles. The molecule has 2 heteroatoms. The third-order valence-electron chi connectivity index (χ3n) is 1.48. The van der Waals surface area contributed by atoms with Gasteiger partial charge in [-0.25, -0.2) is 4.98 Å². The maximum atomic E-state index is 11.0. The molecule has 1 radical (unpaired) electrons. The lowest BCUT2D eigenvalue weighted by molar-refractivity contribution is 0.330. The first-order chi connectivity index (χ1) is 5.20. The van der Waals surface area contributed by atoms with E-state index in [4.69, 9.17) is 0 Å². The van der Waals surface area contributed by atoms with Crippen LogP contribution in [-0.2, 0) is 11.5 Å². The second kappa shape index (κ2) is 3.37. The summed E-state index contributed by atoms with van der Waals surface area (Å²) in [6.07, 6.45) is 2.36. The lowest BCUT2D eigenvalue weighted by Gasteiger charge is -2.03. The number of pyridine rings is 1. The number of hydrogen-bond acceptors (Lipinski definition) is 1. The third-order valence-corrected chi connectivity index (χ3v) is 1.48. The van der Waals surface area contributed by atoms with Gasteiger partial charge < -0.3 is 0 Å². The largest absolute Gasteiger partial charge is 0.272 e. The molecule has 0 spiro atoms. The van der Waals surface area contributed by atoms with Gasteiger partial charge in [-0.2, -0.15) is 0 Å². The molecule has 0 N–H and O–H groups in total. The van der Waals surface area contributed by atoms with Crippen LogP contribution >= 0.6 is 0 Å². The Morgan fingerprint density at radius 2 is 2.27 bits per heavy atom. The van der Waals surface area contributed by atoms with Crippen LogP contribution in [-0.4, -0.2) is 4.98 Å². The van der Waals surface area contributed by atoms with Gasteiger partial charge in [0.2, 0.25) is 0 Å². The molecule has 1 aromatic heterocycles. The Morgan fingerprint density at radius 3 is 2.82 bits per heavy atom. The smallest absolute Gasteiger partial charge is 0.267 e. The van der Waals surface area contributed by atoms with E-state index in [9.17, 15) is 5.11 Å². The highest BCUT2D eigenvalue weighted by atomic mass is 16.3. The van der Waals surface area contributed by atoms with Crippen LogP contribution in [0.4, 0.5) is 0 Å². The lowest BCUT2D eigenvalue weighted by atomic mass is 10.0. The Kier molecular flexibility index (Phi) is 2.47. The summed E-state index contributed by atoms with van der Waals surface area (Å²) in [5, 5.41) is 11.0. The first-order valence-electron chi connectivity index (χ1n) is 3.81. The standard InChI is InChI=1S/C9H12NO/c1-7(2)6-8-4-3-5-10-9(8)11/h3-5,7H,6H2,1-2H3. The zero-order chi connectivity index (χ0) is 8.27. The van der Waals surface area contributed by atoms with Crippen LogP contribution in [0, 0.1) is 5.92 Å². The van der Waals surface area contributed by atoms with E-state index in [0.29, 0.717) is 5.92 Å². The zero-order valence-corrected chi connectivity index (χ0v) is 6.87. The molecule has 1 heterocycles. The minimum Gasteiger partial charge on any atom is -0.267 e. The summed E-state index contributed by atoms with van der Waals surface area (Å²) < 4.78 is 0. The van der Waals surface area contributed by atoms with Gasteiger partial charge in [-0.1, -0.05) is 19.9 Å². The molecule has 1 rings (SSSR count). The predicted octanol–water partition coefficient (Wildman–Crippen LogP) is 2.42. The van der Waals surface area contributed by atoms with Crippen molar-refractivity contribution >= 4 is 0 Å². The molecule has 0 aliphatic heterocycles. The lowest BCUT2D eigenvalue weighted by Crippen LogP contribution is -1.94. The van der Waals surface area contributed by atoms with E-state index in [0.717, 1.165) is 12.0 Å². The predicted molar refractivity (Wildman–Crippen MR) is 42.9 cm³/mol. The third kappa shape index (κ3) is 2.22. The highest BCUT2D eigenvalue weighted by Crippen LogP contribution is 2.16. The van der Waals surface area contributed by atoms with Crippen LogP contribution in [0.1, 0.15) is 19.4 Å². The van der Waals surface area contributed by atoms with Crippen LogP contribution in [0.2, 0.25) is 0 Å². The van der Waals surface area contributed by atoms with Crippen molar-refractivity contribution in [3.63, 3.8) is 0 Å². The average Bonchev–Trinajstić information content (AvgIpc) is 1.93. The van der Waals surface area contributed by atoms with Crippen LogP contribution in [0.25, 0.3) is 0 Å². The molecule has 0 saturated heterocycles. The summed E-state index contributed by atoms with van der Waals surface area (Å²) in [6, 6.07) is 3.65. The molecular formula is C9H12NO. The number of hydrogen-bond donors (Lipinski definition) is 0. The maximum absolute atomic E-state index is 11.0. The zero-order valence-electron chi connectivity index (χ0n) is 6.87. The van der Waals surface area contributed by atoms with Crippen LogP contribution < -0.4 is 0 Å². The molecular weight excluding hydrogens is 138 g/mol. The summed E-state index contributed by atoms with van der Waals surface area (Å²) in [5.41, 5.74) is 0.822. The second-order valence-electron chi connectivity index (χ2n) is 3.07. The van der Waals surface area contributed by atoms with Crippen molar-refractivity contribution in [1.82, 2.24) is 4.98 Å². The van der Waals surface area contributed by atoms with E-state index in [2.05, 4.69) is 18.8 Å². The van der Waals surface area contributed by atoms with E-state index < -0.39 is 0 Å². The molecule has 0 amide bonds.